The SMILES string of the molecule is CCCCC[CH]OCc1ccccc1. The molecule has 0 heterocycles. The predicted octanol–water partition coefficient (Wildman–Crippen LogP) is 3.95. The van der Waals surface area contributed by atoms with Gasteiger partial charge in [0.2, 0.25) is 0 Å². The summed E-state index contributed by atoms with van der Waals surface area (Å²) in [5.41, 5.74) is 1.24. The van der Waals surface area contributed by atoms with E-state index in [-0.39, 0.29) is 0 Å². The molecule has 1 aromatic carbocycles. The summed E-state index contributed by atoms with van der Waals surface area (Å²) in [6, 6.07) is 10.3. The number of hydrogen-bond donors (Lipinski definition) is 0. The van der Waals surface area contributed by atoms with Gasteiger partial charge in [-0.05, 0) is 12.0 Å². The van der Waals surface area contributed by atoms with Crippen LogP contribution in [0.3, 0.4) is 0 Å². The van der Waals surface area contributed by atoms with Crippen molar-refractivity contribution in [3.8, 4) is 0 Å². The van der Waals surface area contributed by atoms with Crippen molar-refractivity contribution in [3.63, 3.8) is 0 Å². The molecule has 0 aliphatic rings. The Kier molecular flexibility index (Phi) is 6.09. The molecule has 0 unspecified atom stereocenters. The van der Waals surface area contributed by atoms with E-state index in [9.17, 15) is 0 Å². The standard InChI is InChI=1S/C13H19O/c1-2-3-4-8-11-14-12-13-9-6-5-7-10-13/h5-7,9-11H,2-4,8,12H2,1H3. The summed E-state index contributed by atoms with van der Waals surface area (Å²) < 4.78 is 5.44. The molecule has 0 fully saturated rings. The van der Waals surface area contributed by atoms with Crippen LogP contribution in [0.15, 0.2) is 30.3 Å². The fourth-order valence-electron chi connectivity index (χ4n) is 1.29. The average Bonchev–Trinajstić information content (AvgIpc) is 2.25. The fraction of sp³-hybridized carbons (Fsp3) is 0.462. The largest absolute Gasteiger partial charge is 0.371 e. The molecule has 0 saturated carbocycles. The average molecular weight is 191 g/mol. The van der Waals surface area contributed by atoms with Crippen molar-refractivity contribution < 1.29 is 4.74 Å². The monoisotopic (exact) mass is 191 g/mol. The van der Waals surface area contributed by atoms with Crippen molar-refractivity contribution in [2.75, 3.05) is 0 Å². The Bertz CT molecular complexity index is 218. The van der Waals surface area contributed by atoms with E-state index in [1.54, 1.807) is 0 Å². The van der Waals surface area contributed by atoms with E-state index >= 15 is 0 Å². The molecule has 1 nitrogen and oxygen atoms in total. The second-order valence-electron chi connectivity index (χ2n) is 3.46. The number of benzene rings is 1. The summed E-state index contributed by atoms with van der Waals surface area (Å²) in [6.45, 7) is 4.85. The molecule has 77 valence electrons. The fourth-order valence-corrected chi connectivity index (χ4v) is 1.29. The third-order valence-corrected chi connectivity index (χ3v) is 2.14. The van der Waals surface area contributed by atoms with Gasteiger partial charge in [0.05, 0.1) is 13.2 Å². The van der Waals surface area contributed by atoms with Gasteiger partial charge in [0, 0.05) is 0 Å². The molecule has 1 radical (unpaired) electrons. The number of rotatable bonds is 7. The summed E-state index contributed by atoms with van der Waals surface area (Å²) in [4.78, 5) is 0. The molecule has 0 aromatic heterocycles. The Labute approximate surface area is 87.1 Å². The van der Waals surface area contributed by atoms with Gasteiger partial charge >= 0.3 is 0 Å². The van der Waals surface area contributed by atoms with Gasteiger partial charge in [-0.3, -0.25) is 0 Å². The van der Waals surface area contributed by atoms with Gasteiger partial charge in [-0.1, -0.05) is 56.5 Å². The molecule has 0 bridgehead atoms. The quantitative estimate of drug-likeness (QED) is 0.593. The maximum atomic E-state index is 5.44. The molecule has 1 heteroatoms. The van der Waals surface area contributed by atoms with Crippen molar-refractivity contribution in [1.82, 2.24) is 0 Å². The maximum absolute atomic E-state index is 5.44. The van der Waals surface area contributed by atoms with Crippen LogP contribution in [0.2, 0.25) is 0 Å². The molecule has 0 aliphatic heterocycles. The smallest absolute Gasteiger partial charge is 0.0841 e. The van der Waals surface area contributed by atoms with Crippen molar-refractivity contribution in [2.45, 2.75) is 39.2 Å². The van der Waals surface area contributed by atoms with E-state index in [2.05, 4.69) is 19.1 Å². The molecule has 14 heavy (non-hydrogen) atoms. The van der Waals surface area contributed by atoms with Crippen LogP contribution in [0, 0.1) is 6.61 Å². The first-order chi connectivity index (χ1) is 6.93. The molecule has 0 saturated heterocycles. The van der Waals surface area contributed by atoms with Gasteiger partial charge in [-0.25, -0.2) is 0 Å². The summed E-state index contributed by atoms with van der Waals surface area (Å²) in [5, 5.41) is 0. The zero-order valence-electron chi connectivity index (χ0n) is 8.91. The van der Waals surface area contributed by atoms with E-state index in [0.29, 0.717) is 6.61 Å². The van der Waals surface area contributed by atoms with Crippen LogP contribution < -0.4 is 0 Å². The first-order valence-electron chi connectivity index (χ1n) is 5.40. The molecule has 0 aliphatic carbocycles. The lowest BCUT2D eigenvalue weighted by Crippen LogP contribution is -1.90. The van der Waals surface area contributed by atoms with Crippen LogP contribution in [0.1, 0.15) is 38.2 Å². The number of ether oxygens (including phenoxy) is 1. The first-order valence-corrected chi connectivity index (χ1v) is 5.40. The van der Waals surface area contributed by atoms with E-state index < -0.39 is 0 Å². The molecule has 1 rings (SSSR count). The maximum Gasteiger partial charge on any atom is 0.0841 e. The molecule has 0 N–H and O–H groups in total. The summed E-state index contributed by atoms with van der Waals surface area (Å²) in [6.07, 6.45) is 4.88. The van der Waals surface area contributed by atoms with Gasteiger partial charge in [0.15, 0.2) is 0 Å². The van der Waals surface area contributed by atoms with Crippen LogP contribution in [-0.2, 0) is 11.3 Å². The third-order valence-electron chi connectivity index (χ3n) is 2.14. The van der Waals surface area contributed by atoms with Crippen molar-refractivity contribution in [1.29, 1.82) is 0 Å². The minimum Gasteiger partial charge on any atom is -0.371 e. The van der Waals surface area contributed by atoms with Gasteiger partial charge in [-0.2, -0.15) is 0 Å². The zero-order chi connectivity index (χ0) is 10.1. The van der Waals surface area contributed by atoms with Crippen molar-refractivity contribution >= 4 is 0 Å². The van der Waals surface area contributed by atoms with Gasteiger partial charge < -0.3 is 4.74 Å². The molecular weight excluding hydrogens is 172 g/mol. The minimum absolute atomic E-state index is 0.701. The van der Waals surface area contributed by atoms with E-state index in [4.69, 9.17) is 4.74 Å². The highest BCUT2D eigenvalue weighted by molar-refractivity contribution is 5.13. The van der Waals surface area contributed by atoms with Crippen LogP contribution in [0.25, 0.3) is 0 Å². The Morgan fingerprint density at radius 1 is 1.14 bits per heavy atom. The topological polar surface area (TPSA) is 9.23 Å². The van der Waals surface area contributed by atoms with Crippen molar-refractivity contribution in [2.24, 2.45) is 0 Å². The lowest BCUT2D eigenvalue weighted by Gasteiger charge is -2.02. The second-order valence-corrected chi connectivity index (χ2v) is 3.46. The van der Waals surface area contributed by atoms with Crippen molar-refractivity contribution in [3.05, 3.63) is 42.5 Å². The predicted molar refractivity (Wildman–Crippen MR) is 59.7 cm³/mol. The van der Waals surface area contributed by atoms with E-state index in [1.807, 2.05) is 24.8 Å². The number of hydrogen-bond acceptors (Lipinski definition) is 1. The molecule has 0 spiro atoms. The van der Waals surface area contributed by atoms with Gasteiger partial charge in [-0.15, -0.1) is 0 Å². The zero-order valence-corrected chi connectivity index (χ0v) is 8.91. The van der Waals surface area contributed by atoms with E-state index in [0.717, 1.165) is 6.42 Å². The summed E-state index contributed by atoms with van der Waals surface area (Å²) >= 11 is 0. The normalized spacial score (nSPS) is 10.4. The molecule has 1 aromatic rings. The molecule has 0 amide bonds. The Morgan fingerprint density at radius 3 is 2.64 bits per heavy atom. The first kappa shape index (κ1) is 11.3. The van der Waals surface area contributed by atoms with Gasteiger partial charge in [0.1, 0.15) is 0 Å². The van der Waals surface area contributed by atoms with E-state index in [1.165, 1.54) is 24.8 Å². The summed E-state index contributed by atoms with van der Waals surface area (Å²) in [7, 11) is 0. The molecular formula is C13H19O. The van der Waals surface area contributed by atoms with Gasteiger partial charge in [0.25, 0.3) is 0 Å². The minimum atomic E-state index is 0.701. The highest BCUT2D eigenvalue weighted by Crippen LogP contribution is 2.05. The van der Waals surface area contributed by atoms with Crippen LogP contribution in [0.4, 0.5) is 0 Å². The third kappa shape index (κ3) is 5.03. The Balaban J connectivity index is 1.99. The highest BCUT2D eigenvalue weighted by Gasteiger charge is 1.92. The van der Waals surface area contributed by atoms with Crippen LogP contribution in [-0.4, -0.2) is 0 Å². The lowest BCUT2D eigenvalue weighted by atomic mass is 10.2. The highest BCUT2D eigenvalue weighted by atomic mass is 16.5. The molecule has 0 atom stereocenters. The number of unbranched alkanes of at least 4 members (excludes halogenated alkanes) is 3. The summed E-state index contributed by atoms with van der Waals surface area (Å²) in [5.74, 6) is 0. The van der Waals surface area contributed by atoms with Crippen LogP contribution >= 0.6 is 0 Å². The van der Waals surface area contributed by atoms with Crippen LogP contribution in [0.5, 0.6) is 0 Å². The second kappa shape index (κ2) is 7.57. The lowest BCUT2D eigenvalue weighted by molar-refractivity contribution is 0.177. The Hall–Kier alpha value is -0.820. The Morgan fingerprint density at radius 2 is 1.93 bits per heavy atom.